The first-order valence-corrected chi connectivity index (χ1v) is 12.0. The smallest absolute Gasteiger partial charge is 0.390 e. The lowest BCUT2D eigenvalue weighted by Gasteiger charge is -2.38. The molecule has 5 rings (SSSR count). The van der Waals surface area contributed by atoms with E-state index in [1.807, 2.05) is 13.0 Å². The van der Waals surface area contributed by atoms with Crippen molar-refractivity contribution in [1.82, 2.24) is 24.7 Å². The third-order valence-corrected chi connectivity index (χ3v) is 6.75. The molecule has 1 saturated carbocycles. The largest absolute Gasteiger partial charge is 0.424 e. The molecule has 1 aliphatic carbocycles. The Labute approximate surface area is 209 Å². The van der Waals surface area contributed by atoms with Gasteiger partial charge in [-0.2, -0.15) is 18.2 Å². The minimum absolute atomic E-state index is 0.0146. The second-order valence-electron chi connectivity index (χ2n) is 9.20. The zero-order valence-corrected chi connectivity index (χ0v) is 20.1. The van der Waals surface area contributed by atoms with Crippen LogP contribution in [0.3, 0.4) is 0 Å². The molecule has 2 unspecified atom stereocenters. The summed E-state index contributed by atoms with van der Waals surface area (Å²) in [4.78, 5) is 15.1. The van der Waals surface area contributed by atoms with E-state index < -0.39 is 25.0 Å². The summed E-state index contributed by atoms with van der Waals surface area (Å²) in [5.41, 5.74) is 0.897. The number of hydrogen-bond donors (Lipinski definition) is 1. The Morgan fingerprint density at radius 3 is 2.53 bits per heavy atom. The fourth-order valence-electron chi connectivity index (χ4n) is 4.94. The molecule has 2 aliphatic rings. The molecule has 36 heavy (non-hydrogen) atoms. The van der Waals surface area contributed by atoms with E-state index in [0.29, 0.717) is 0 Å². The highest BCUT2D eigenvalue weighted by molar-refractivity contribution is 6.30. The normalized spacial score (nSPS) is 21.6. The Bertz CT molecular complexity index is 1200. The third kappa shape index (κ3) is 5.63. The lowest BCUT2D eigenvalue weighted by atomic mass is 9.92. The van der Waals surface area contributed by atoms with E-state index in [9.17, 15) is 17.6 Å². The number of rotatable bonds is 7. The number of piperidine rings is 1. The summed E-state index contributed by atoms with van der Waals surface area (Å²) in [5.74, 6) is 1.000. The van der Waals surface area contributed by atoms with E-state index in [4.69, 9.17) is 16.3 Å². The molecule has 1 aromatic carbocycles. The molecule has 2 fully saturated rings. The Balaban J connectivity index is 1.34. The molecule has 2 atom stereocenters. The molecule has 0 amide bonds. The van der Waals surface area contributed by atoms with Crippen molar-refractivity contribution in [1.29, 1.82) is 0 Å². The summed E-state index contributed by atoms with van der Waals surface area (Å²) in [7, 11) is 0. The molecular formula is C23H24ClF4N7O. The average Bonchev–Trinajstić information content (AvgIpc) is 3.26. The van der Waals surface area contributed by atoms with E-state index in [0.717, 1.165) is 54.3 Å². The number of nitrogens with one attached hydrogen (secondary N) is 1. The number of benzene rings is 1. The second kappa shape index (κ2) is 9.72. The Hall–Kier alpha value is -3.15. The van der Waals surface area contributed by atoms with E-state index >= 15 is 0 Å². The zero-order chi connectivity index (χ0) is 25.4. The molecule has 0 spiro atoms. The van der Waals surface area contributed by atoms with Crippen LogP contribution in [0.15, 0.2) is 30.6 Å². The number of alkyl halides is 3. The van der Waals surface area contributed by atoms with Crippen LogP contribution in [0.4, 0.5) is 29.3 Å². The molecule has 1 N–H and O–H groups in total. The lowest BCUT2D eigenvalue weighted by Crippen LogP contribution is -2.48. The molecule has 1 saturated heterocycles. The quantitative estimate of drug-likeness (QED) is 0.422. The van der Waals surface area contributed by atoms with Gasteiger partial charge in [0.05, 0.1) is 13.0 Å². The predicted octanol–water partition coefficient (Wildman–Crippen LogP) is 5.24. The first kappa shape index (κ1) is 24.5. The van der Waals surface area contributed by atoms with E-state index in [1.54, 1.807) is 6.33 Å². The van der Waals surface area contributed by atoms with Crippen LogP contribution in [0.1, 0.15) is 25.0 Å². The van der Waals surface area contributed by atoms with Crippen molar-refractivity contribution in [3.8, 4) is 11.8 Å². The standard InChI is InChI=1S/C23H24ClF4N7O/c1-13-6-19(30-12-29-13)34-10-14-2-3-15(11-34)20(14)31-21-32-22(35(33-21)5-4-23(26,27)28)36-18-8-16(24)7-17(25)9-18/h6-9,12,14-15,20H,2-5,10-11H2,1H3,(H,31,33). The van der Waals surface area contributed by atoms with Crippen molar-refractivity contribution >= 4 is 23.4 Å². The minimum Gasteiger partial charge on any atom is -0.424 e. The average molecular weight is 526 g/mol. The van der Waals surface area contributed by atoms with Crippen molar-refractivity contribution in [2.24, 2.45) is 11.8 Å². The fourth-order valence-corrected chi connectivity index (χ4v) is 5.16. The molecule has 8 nitrogen and oxygen atoms in total. The summed E-state index contributed by atoms with van der Waals surface area (Å²) in [6.45, 7) is 3.00. The number of anilines is 2. The topological polar surface area (TPSA) is 81.0 Å². The SMILES string of the molecule is Cc1cc(N2CC3CCC(C2)C3Nc2nc(Oc3cc(F)cc(Cl)c3)n(CCC(F)(F)F)n2)ncn1. The van der Waals surface area contributed by atoms with Gasteiger partial charge >= 0.3 is 12.2 Å². The Morgan fingerprint density at radius 1 is 1.11 bits per heavy atom. The van der Waals surface area contributed by atoms with Gasteiger partial charge in [-0.25, -0.2) is 19.0 Å². The second-order valence-corrected chi connectivity index (χ2v) is 9.64. The Kier molecular flexibility index (Phi) is 6.62. The van der Waals surface area contributed by atoms with Crippen molar-refractivity contribution < 1.29 is 22.3 Å². The minimum atomic E-state index is -4.38. The van der Waals surface area contributed by atoms with Gasteiger partial charge in [-0.1, -0.05) is 11.6 Å². The maximum atomic E-state index is 13.7. The van der Waals surface area contributed by atoms with Gasteiger partial charge in [-0.05, 0) is 43.7 Å². The van der Waals surface area contributed by atoms with E-state index in [1.165, 1.54) is 6.07 Å². The van der Waals surface area contributed by atoms with Gasteiger partial charge in [0.1, 0.15) is 23.7 Å². The van der Waals surface area contributed by atoms with Crippen molar-refractivity contribution in [3.05, 3.63) is 47.1 Å². The van der Waals surface area contributed by atoms with Crippen LogP contribution in [0, 0.1) is 24.6 Å². The summed E-state index contributed by atoms with van der Waals surface area (Å²) in [5, 5.41) is 7.66. The molecule has 3 aromatic rings. The zero-order valence-electron chi connectivity index (χ0n) is 19.3. The van der Waals surface area contributed by atoms with Gasteiger partial charge in [-0.3, -0.25) is 0 Å². The monoisotopic (exact) mass is 525 g/mol. The van der Waals surface area contributed by atoms with Crippen LogP contribution < -0.4 is 15.0 Å². The van der Waals surface area contributed by atoms with Gasteiger partial charge in [0.15, 0.2) is 0 Å². The molecular weight excluding hydrogens is 502 g/mol. The highest BCUT2D eigenvalue weighted by Gasteiger charge is 2.43. The molecule has 1 aliphatic heterocycles. The molecule has 3 heterocycles. The van der Waals surface area contributed by atoms with Crippen LogP contribution in [0.5, 0.6) is 11.8 Å². The number of fused-ring (bicyclic) bond motifs is 2. The highest BCUT2D eigenvalue weighted by atomic mass is 35.5. The maximum Gasteiger partial charge on any atom is 0.390 e. The fraction of sp³-hybridized carbons (Fsp3) is 0.478. The van der Waals surface area contributed by atoms with Crippen molar-refractivity contribution in [2.45, 2.75) is 44.9 Å². The summed E-state index contributed by atoms with van der Waals surface area (Å²) in [6.07, 6.45) is -1.93. The van der Waals surface area contributed by atoms with Crippen molar-refractivity contribution in [2.75, 3.05) is 23.3 Å². The first-order valence-electron chi connectivity index (χ1n) is 11.6. The van der Waals surface area contributed by atoms with Crippen molar-refractivity contribution in [3.63, 3.8) is 0 Å². The molecule has 192 valence electrons. The number of nitrogens with zero attached hydrogens (tertiary/aromatic N) is 6. The van der Waals surface area contributed by atoms with Gasteiger partial charge in [0.25, 0.3) is 0 Å². The summed E-state index contributed by atoms with van der Waals surface area (Å²) >= 11 is 5.88. The molecule has 13 heteroatoms. The van der Waals surface area contributed by atoms with E-state index in [-0.39, 0.29) is 40.6 Å². The Morgan fingerprint density at radius 2 is 1.86 bits per heavy atom. The molecule has 2 bridgehead atoms. The number of ether oxygens (including phenoxy) is 1. The summed E-state index contributed by atoms with van der Waals surface area (Å²) < 4.78 is 59.1. The van der Waals surface area contributed by atoms with Crippen LogP contribution in [0.25, 0.3) is 0 Å². The summed E-state index contributed by atoms with van der Waals surface area (Å²) in [6, 6.07) is 5.36. The van der Waals surface area contributed by atoms with Gasteiger partial charge in [0, 0.05) is 42.0 Å². The van der Waals surface area contributed by atoms with E-state index in [2.05, 4.69) is 30.3 Å². The molecule has 2 aromatic heterocycles. The predicted molar refractivity (Wildman–Crippen MR) is 125 cm³/mol. The van der Waals surface area contributed by atoms with Crippen LogP contribution in [-0.2, 0) is 6.54 Å². The number of hydrogen-bond acceptors (Lipinski definition) is 7. The molecule has 0 radical (unpaired) electrons. The number of halogens is 5. The van der Waals surface area contributed by atoms with Gasteiger partial charge < -0.3 is 15.0 Å². The highest BCUT2D eigenvalue weighted by Crippen LogP contribution is 2.40. The van der Waals surface area contributed by atoms with Crippen LogP contribution >= 0.6 is 11.6 Å². The van der Waals surface area contributed by atoms with Crippen LogP contribution in [0.2, 0.25) is 5.02 Å². The number of aryl methyl sites for hydroxylation is 2. The third-order valence-electron chi connectivity index (χ3n) is 6.53. The van der Waals surface area contributed by atoms with Gasteiger partial charge in [0.2, 0.25) is 5.95 Å². The maximum absolute atomic E-state index is 13.7. The first-order chi connectivity index (χ1) is 17.1. The van der Waals surface area contributed by atoms with Gasteiger partial charge in [-0.15, -0.1) is 5.10 Å². The lowest BCUT2D eigenvalue weighted by molar-refractivity contribution is -0.137. The van der Waals surface area contributed by atoms with Crippen LogP contribution in [-0.4, -0.2) is 50.0 Å². The number of aromatic nitrogens is 5.